The van der Waals surface area contributed by atoms with Crippen LogP contribution in [0.25, 0.3) is 0 Å². The summed E-state index contributed by atoms with van der Waals surface area (Å²) in [7, 11) is -4.20. The largest absolute Gasteiger partial charge is 0.507 e. The van der Waals surface area contributed by atoms with Crippen LogP contribution in [0.3, 0.4) is 0 Å². The van der Waals surface area contributed by atoms with Crippen LogP contribution >= 0.6 is 0 Å². The molecule has 0 saturated heterocycles. The van der Waals surface area contributed by atoms with Gasteiger partial charge in [-0.3, -0.25) is 14.4 Å². The van der Waals surface area contributed by atoms with Crippen molar-refractivity contribution in [2.24, 2.45) is 0 Å². The monoisotopic (exact) mass is 465 g/mol. The van der Waals surface area contributed by atoms with Gasteiger partial charge in [-0.25, -0.2) is 17.9 Å². The lowest BCUT2D eigenvalue weighted by molar-refractivity contribution is -0.119. The smallest absolute Gasteiger partial charge is 0.339 e. The number of sulfonamides is 1. The molecule has 32 heavy (non-hydrogen) atoms. The van der Waals surface area contributed by atoms with Crippen LogP contribution in [0.5, 0.6) is 5.75 Å². The Kier molecular flexibility index (Phi) is 7.62. The van der Waals surface area contributed by atoms with Gasteiger partial charge in [0.2, 0.25) is 10.0 Å². The fourth-order valence-corrected chi connectivity index (χ4v) is 3.63. The first-order valence-electron chi connectivity index (χ1n) is 8.98. The van der Waals surface area contributed by atoms with Gasteiger partial charge in [0.25, 0.3) is 11.5 Å². The molecule has 1 heterocycles. The molecule has 0 spiro atoms. The number of carboxylic acid groups (broad SMARTS) is 1. The first-order valence-corrected chi connectivity index (χ1v) is 10.5. The summed E-state index contributed by atoms with van der Waals surface area (Å²) >= 11 is 0. The molecular weight excluding hydrogens is 446 g/mol. The third kappa shape index (κ3) is 6.09. The molecule has 1 aromatic carbocycles. The van der Waals surface area contributed by atoms with Gasteiger partial charge in [0.1, 0.15) is 28.9 Å². The Labute approximate surface area is 181 Å². The molecule has 1 amide bonds. The Hall–Kier alpha value is -3.84. The van der Waals surface area contributed by atoms with Crippen molar-refractivity contribution in [1.29, 1.82) is 0 Å². The van der Waals surface area contributed by atoms with Gasteiger partial charge in [0.05, 0.1) is 17.5 Å². The minimum Gasteiger partial charge on any atom is -0.507 e. The van der Waals surface area contributed by atoms with Gasteiger partial charge in [0, 0.05) is 12.1 Å². The van der Waals surface area contributed by atoms with Crippen molar-refractivity contribution in [3.05, 3.63) is 57.5 Å². The Morgan fingerprint density at radius 2 is 1.84 bits per heavy atom. The van der Waals surface area contributed by atoms with Gasteiger partial charge in [-0.2, -0.15) is 0 Å². The Morgan fingerprint density at radius 3 is 2.41 bits per heavy atom. The summed E-state index contributed by atoms with van der Waals surface area (Å²) in [4.78, 5) is 59.4. The van der Waals surface area contributed by atoms with E-state index in [4.69, 9.17) is 5.11 Å². The molecule has 0 aliphatic carbocycles. The molecule has 2 rings (SSSR count). The number of aromatic nitrogens is 1. The van der Waals surface area contributed by atoms with Crippen LogP contribution < -0.4 is 15.6 Å². The lowest BCUT2D eigenvalue weighted by Gasteiger charge is -2.11. The number of hydrogen-bond donors (Lipinski definition) is 5. The summed E-state index contributed by atoms with van der Waals surface area (Å²) in [6.07, 6.45) is 0.142. The van der Waals surface area contributed by atoms with Gasteiger partial charge in [0.15, 0.2) is 0 Å². The van der Waals surface area contributed by atoms with Crippen molar-refractivity contribution in [2.75, 3.05) is 0 Å². The van der Waals surface area contributed by atoms with Gasteiger partial charge >= 0.3 is 5.97 Å². The standard InChI is InChI=1S/C19H19N3O9S/c1-10(24)6-12(9-23)22-18(27)14-4-2-11(21-17(14)26)8-20-32(30,31)13-3-5-16(25)15(7-13)19(28)29/h2-5,7,9,12,20,25H,6,8H2,1H3,(H,21,26)(H,22,27)(H,28,29). The quantitative estimate of drug-likeness (QED) is 0.288. The summed E-state index contributed by atoms with van der Waals surface area (Å²) in [5.41, 5.74) is -1.72. The van der Waals surface area contributed by atoms with E-state index < -0.39 is 56.3 Å². The van der Waals surface area contributed by atoms with Gasteiger partial charge in [-0.05, 0) is 37.3 Å². The number of aromatic amines is 1. The number of aromatic hydroxyl groups is 1. The second kappa shape index (κ2) is 9.98. The number of benzene rings is 1. The van der Waals surface area contributed by atoms with E-state index in [-0.39, 0.29) is 23.5 Å². The number of nitrogens with one attached hydrogen (secondary N) is 3. The third-order valence-corrected chi connectivity index (χ3v) is 5.56. The Bertz CT molecular complexity index is 1230. The number of carbonyl (C=O) groups is 4. The van der Waals surface area contributed by atoms with Crippen molar-refractivity contribution >= 4 is 34.0 Å². The lowest BCUT2D eigenvalue weighted by atomic mass is 10.1. The predicted molar refractivity (Wildman–Crippen MR) is 109 cm³/mol. The van der Waals surface area contributed by atoms with E-state index in [9.17, 15) is 37.5 Å². The number of amides is 1. The third-order valence-electron chi connectivity index (χ3n) is 4.16. The number of aldehydes is 1. The second-order valence-electron chi connectivity index (χ2n) is 6.66. The number of hydrogen-bond acceptors (Lipinski definition) is 8. The number of rotatable bonds is 10. The molecule has 0 bridgehead atoms. The number of Topliss-reactive ketones (excluding diaryl/α,β-unsaturated/α-hetero) is 1. The molecule has 0 aliphatic heterocycles. The number of ketones is 1. The van der Waals surface area contributed by atoms with E-state index in [2.05, 4.69) is 15.0 Å². The van der Waals surface area contributed by atoms with Crippen molar-refractivity contribution in [3.63, 3.8) is 0 Å². The molecule has 0 fully saturated rings. The molecule has 13 heteroatoms. The molecule has 0 aliphatic rings. The highest BCUT2D eigenvalue weighted by Crippen LogP contribution is 2.21. The molecule has 2 aromatic rings. The van der Waals surface area contributed by atoms with Crippen LogP contribution in [-0.2, 0) is 26.2 Å². The highest BCUT2D eigenvalue weighted by molar-refractivity contribution is 7.89. The van der Waals surface area contributed by atoms with Crippen molar-refractivity contribution in [2.45, 2.75) is 30.8 Å². The lowest BCUT2D eigenvalue weighted by Crippen LogP contribution is -2.39. The number of aromatic carboxylic acids is 1. The van der Waals surface area contributed by atoms with Gasteiger partial charge in [-0.1, -0.05) is 0 Å². The summed E-state index contributed by atoms with van der Waals surface area (Å²) < 4.78 is 26.9. The summed E-state index contributed by atoms with van der Waals surface area (Å²) in [5.74, 6) is -3.34. The van der Waals surface area contributed by atoms with Crippen LogP contribution in [-0.4, -0.2) is 53.6 Å². The van der Waals surface area contributed by atoms with Crippen LogP contribution in [0.2, 0.25) is 0 Å². The van der Waals surface area contributed by atoms with E-state index >= 15 is 0 Å². The molecule has 0 radical (unpaired) electrons. The molecule has 0 saturated carbocycles. The number of H-pyrrole nitrogens is 1. The Morgan fingerprint density at radius 1 is 1.16 bits per heavy atom. The van der Waals surface area contributed by atoms with Gasteiger partial charge in [-0.15, -0.1) is 0 Å². The van der Waals surface area contributed by atoms with Crippen LogP contribution in [0.1, 0.15) is 39.8 Å². The first kappa shape index (κ1) is 24.4. The van der Waals surface area contributed by atoms with E-state index in [1.54, 1.807) is 0 Å². The molecular formula is C19H19N3O9S. The van der Waals surface area contributed by atoms with Crippen LogP contribution in [0.4, 0.5) is 0 Å². The van der Waals surface area contributed by atoms with Crippen LogP contribution in [0.15, 0.2) is 40.0 Å². The van der Waals surface area contributed by atoms with Gasteiger partial charge < -0.3 is 25.3 Å². The number of phenols is 1. The molecule has 5 N–H and O–H groups in total. The minimum atomic E-state index is -4.20. The highest BCUT2D eigenvalue weighted by Gasteiger charge is 2.20. The minimum absolute atomic E-state index is 0.0861. The van der Waals surface area contributed by atoms with E-state index in [0.717, 1.165) is 24.3 Å². The Balaban J connectivity index is 2.14. The number of carbonyl (C=O) groups excluding carboxylic acids is 3. The zero-order chi connectivity index (χ0) is 24.1. The first-order chi connectivity index (χ1) is 14.9. The fraction of sp³-hybridized carbons (Fsp3) is 0.211. The maximum atomic E-state index is 12.4. The normalized spacial score (nSPS) is 12.0. The van der Waals surface area contributed by atoms with E-state index in [1.807, 2.05) is 0 Å². The highest BCUT2D eigenvalue weighted by atomic mass is 32.2. The maximum Gasteiger partial charge on any atom is 0.339 e. The predicted octanol–water partition coefficient (Wildman–Crippen LogP) is -0.466. The molecule has 1 unspecified atom stereocenters. The van der Waals surface area contributed by atoms with E-state index in [0.29, 0.717) is 6.29 Å². The van der Waals surface area contributed by atoms with Crippen molar-refractivity contribution in [3.8, 4) is 5.75 Å². The number of carboxylic acids is 1. The SMILES string of the molecule is CC(=O)CC(C=O)NC(=O)c1ccc(CNS(=O)(=O)c2ccc(O)c(C(=O)O)c2)[nH]c1=O. The van der Waals surface area contributed by atoms with Crippen LogP contribution in [0, 0.1) is 0 Å². The molecule has 170 valence electrons. The summed E-state index contributed by atoms with van der Waals surface area (Å²) in [6.45, 7) is 0.843. The average Bonchev–Trinajstić information content (AvgIpc) is 2.71. The zero-order valence-corrected chi connectivity index (χ0v) is 17.4. The van der Waals surface area contributed by atoms with Crippen molar-refractivity contribution in [1.82, 2.24) is 15.0 Å². The fourth-order valence-electron chi connectivity index (χ4n) is 2.60. The second-order valence-corrected chi connectivity index (χ2v) is 8.42. The summed E-state index contributed by atoms with van der Waals surface area (Å²) in [5, 5.41) is 20.7. The molecule has 1 aromatic heterocycles. The molecule has 1 atom stereocenters. The number of pyridine rings is 1. The maximum absolute atomic E-state index is 12.4. The van der Waals surface area contributed by atoms with E-state index in [1.165, 1.54) is 13.0 Å². The zero-order valence-electron chi connectivity index (χ0n) is 16.6. The molecule has 12 nitrogen and oxygen atoms in total. The average molecular weight is 465 g/mol. The van der Waals surface area contributed by atoms with Crippen molar-refractivity contribution < 1.29 is 37.8 Å². The topological polar surface area (TPSA) is 200 Å². The summed E-state index contributed by atoms with van der Waals surface area (Å²) in [6, 6.07) is 4.00.